The second kappa shape index (κ2) is 6.79. The average Bonchev–Trinajstić information content (AvgIpc) is 2.69. The Kier molecular flexibility index (Phi) is 4.65. The predicted octanol–water partition coefficient (Wildman–Crippen LogP) is 1.10. The first-order valence-electron chi connectivity index (χ1n) is 8.31. The van der Waals surface area contributed by atoms with Crippen molar-refractivity contribution < 1.29 is 14.3 Å². The van der Waals surface area contributed by atoms with Gasteiger partial charge >= 0.3 is 11.7 Å². The predicted molar refractivity (Wildman–Crippen MR) is 100 cm³/mol. The van der Waals surface area contributed by atoms with Crippen LogP contribution in [0.2, 0.25) is 0 Å². The van der Waals surface area contributed by atoms with Crippen LogP contribution in [0.4, 0.5) is 5.82 Å². The molecular formula is C19H21N3O5. The summed E-state index contributed by atoms with van der Waals surface area (Å²) in [5.74, 6) is -0.192. The topological polar surface area (TPSA) is 91.6 Å². The summed E-state index contributed by atoms with van der Waals surface area (Å²) in [5.41, 5.74) is 0.971. The number of anilines is 1. The largest absolute Gasteiger partial charge is 0.497 e. The number of fused-ring (bicyclic) bond motifs is 1. The molecule has 1 unspecified atom stereocenters. The second-order valence-electron chi connectivity index (χ2n) is 6.33. The van der Waals surface area contributed by atoms with Crippen LogP contribution in [0.3, 0.4) is 0 Å². The maximum absolute atomic E-state index is 13.0. The van der Waals surface area contributed by atoms with E-state index in [0.717, 1.165) is 4.57 Å². The Labute approximate surface area is 155 Å². The highest BCUT2D eigenvalue weighted by Gasteiger charge is 2.37. The summed E-state index contributed by atoms with van der Waals surface area (Å²) >= 11 is 0. The average molecular weight is 371 g/mol. The second-order valence-corrected chi connectivity index (χ2v) is 6.33. The lowest BCUT2D eigenvalue weighted by atomic mass is 9.82. The van der Waals surface area contributed by atoms with Crippen LogP contribution in [0, 0.1) is 0 Å². The number of hydrogen-bond acceptors (Lipinski definition) is 6. The lowest BCUT2D eigenvalue weighted by Crippen LogP contribution is -2.43. The molecule has 3 rings (SSSR count). The molecule has 0 fully saturated rings. The molecule has 0 saturated heterocycles. The first kappa shape index (κ1) is 18.5. The van der Waals surface area contributed by atoms with Crippen LogP contribution in [-0.4, -0.2) is 29.3 Å². The fraction of sp³-hybridized carbons (Fsp3) is 0.316. The van der Waals surface area contributed by atoms with E-state index in [-0.39, 0.29) is 0 Å². The van der Waals surface area contributed by atoms with E-state index in [2.05, 4.69) is 5.32 Å². The van der Waals surface area contributed by atoms with Gasteiger partial charge in [-0.1, -0.05) is 12.1 Å². The molecule has 0 aliphatic carbocycles. The van der Waals surface area contributed by atoms with Gasteiger partial charge in [0.2, 0.25) is 0 Å². The molecule has 0 radical (unpaired) electrons. The van der Waals surface area contributed by atoms with Crippen LogP contribution >= 0.6 is 0 Å². The zero-order valence-corrected chi connectivity index (χ0v) is 15.8. The fourth-order valence-corrected chi connectivity index (χ4v) is 3.40. The van der Waals surface area contributed by atoms with Crippen LogP contribution in [0.5, 0.6) is 5.75 Å². The maximum Gasteiger partial charge on any atom is 0.336 e. The third-order valence-corrected chi connectivity index (χ3v) is 4.84. The number of carbonyl (C=O) groups excluding carboxylic acids is 1. The molecule has 142 valence electrons. The number of aromatic nitrogens is 2. The number of hydrogen-bond donors (Lipinski definition) is 1. The Morgan fingerprint density at radius 3 is 2.26 bits per heavy atom. The first-order chi connectivity index (χ1) is 12.8. The van der Waals surface area contributed by atoms with Crippen molar-refractivity contribution in [1.82, 2.24) is 9.13 Å². The van der Waals surface area contributed by atoms with Gasteiger partial charge in [-0.25, -0.2) is 9.59 Å². The lowest BCUT2D eigenvalue weighted by molar-refractivity contribution is -0.136. The van der Waals surface area contributed by atoms with Gasteiger partial charge in [-0.05, 0) is 24.6 Å². The number of nitrogens with one attached hydrogen (secondary N) is 1. The number of benzene rings is 1. The minimum atomic E-state index is -0.676. The quantitative estimate of drug-likeness (QED) is 0.813. The minimum Gasteiger partial charge on any atom is -0.497 e. The van der Waals surface area contributed by atoms with Gasteiger partial charge in [0.25, 0.3) is 5.56 Å². The zero-order valence-electron chi connectivity index (χ0n) is 15.8. The van der Waals surface area contributed by atoms with E-state index in [4.69, 9.17) is 9.47 Å². The number of ether oxygens (including phenoxy) is 2. The smallest absolute Gasteiger partial charge is 0.336 e. The summed E-state index contributed by atoms with van der Waals surface area (Å²) in [6, 6.07) is 7.10. The standard InChI is InChI=1S/C19H21N3O5/c1-10-13(18(24)27-5)14(11-6-8-12(26-4)9-7-11)15-16(20-10)21(2)19(25)22(3)17(15)23/h6-9,14,20H,1-5H3. The number of carbonyl (C=O) groups is 1. The van der Waals surface area contributed by atoms with Crippen molar-refractivity contribution in [2.75, 3.05) is 19.5 Å². The van der Waals surface area contributed by atoms with Gasteiger partial charge in [-0.3, -0.25) is 13.9 Å². The maximum atomic E-state index is 13.0. The molecule has 8 heteroatoms. The molecule has 1 aliphatic heterocycles. The third kappa shape index (κ3) is 2.83. The van der Waals surface area contributed by atoms with Gasteiger partial charge < -0.3 is 14.8 Å². The van der Waals surface area contributed by atoms with E-state index >= 15 is 0 Å². The van der Waals surface area contributed by atoms with Crippen LogP contribution in [0.25, 0.3) is 0 Å². The van der Waals surface area contributed by atoms with Crippen molar-refractivity contribution in [1.29, 1.82) is 0 Å². The molecule has 1 atom stereocenters. The third-order valence-electron chi connectivity index (χ3n) is 4.84. The van der Waals surface area contributed by atoms with Crippen molar-refractivity contribution >= 4 is 11.8 Å². The Morgan fingerprint density at radius 1 is 1.07 bits per heavy atom. The lowest BCUT2D eigenvalue weighted by Gasteiger charge is -2.30. The van der Waals surface area contributed by atoms with E-state index < -0.39 is 23.1 Å². The molecule has 1 N–H and O–H groups in total. The van der Waals surface area contributed by atoms with Crippen LogP contribution < -0.4 is 21.3 Å². The summed E-state index contributed by atoms with van der Waals surface area (Å²) in [6.07, 6.45) is 0. The molecule has 8 nitrogen and oxygen atoms in total. The number of rotatable bonds is 3. The molecule has 2 aromatic rings. The highest BCUT2D eigenvalue weighted by molar-refractivity contribution is 5.94. The normalized spacial score (nSPS) is 15.8. The number of allylic oxidation sites excluding steroid dienone is 1. The van der Waals surface area contributed by atoms with Crippen LogP contribution in [0.1, 0.15) is 24.0 Å². The Morgan fingerprint density at radius 2 is 1.70 bits per heavy atom. The highest BCUT2D eigenvalue weighted by Crippen LogP contribution is 2.40. The molecule has 1 aromatic heterocycles. The number of nitrogens with zero attached hydrogens (tertiary/aromatic N) is 2. The van der Waals surface area contributed by atoms with Crippen molar-refractivity contribution in [3.8, 4) is 5.75 Å². The summed E-state index contributed by atoms with van der Waals surface area (Å²) in [7, 11) is 5.85. The van der Waals surface area contributed by atoms with Crippen molar-refractivity contribution in [3.63, 3.8) is 0 Å². The molecule has 1 aromatic carbocycles. The van der Waals surface area contributed by atoms with Crippen LogP contribution in [0.15, 0.2) is 45.1 Å². The number of methoxy groups -OCH3 is 2. The van der Waals surface area contributed by atoms with Gasteiger partial charge in [0.1, 0.15) is 11.6 Å². The van der Waals surface area contributed by atoms with E-state index in [1.54, 1.807) is 45.3 Å². The van der Waals surface area contributed by atoms with E-state index in [0.29, 0.717) is 34.0 Å². The van der Waals surface area contributed by atoms with Gasteiger partial charge in [-0.2, -0.15) is 0 Å². The molecule has 2 heterocycles. The molecular weight excluding hydrogens is 350 g/mol. The fourth-order valence-electron chi connectivity index (χ4n) is 3.40. The van der Waals surface area contributed by atoms with Gasteiger partial charge in [0, 0.05) is 19.8 Å². The van der Waals surface area contributed by atoms with Gasteiger partial charge in [-0.15, -0.1) is 0 Å². The Bertz CT molecular complexity index is 1060. The minimum absolute atomic E-state index is 0.316. The molecule has 1 aliphatic rings. The SMILES string of the molecule is COC(=O)C1=C(C)Nc2c(c(=O)n(C)c(=O)n2C)C1c1ccc(OC)cc1. The van der Waals surface area contributed by atoms with E-state index in [1.165, 1.54) is 18.7 Å². The van der Waals surface area contributed by atoms with E-state index in [9.17, 15) is 14.4 Å². The van der Waals surface area contributed by atoms with Gasteiger partial charge in [0.15, 0.2) is 0 Å². The summed E-state index contributed by atoms with van der Waals surface area (Å²) in [6.45, 7) is 1.72. The first-order valence-corrected chi connectivity index (χ1v) is 8.31. The van der Waals surface area contributed by atoms with E-state index in [1.807, 2.05) is 0 Å². The summed E-state index contributed by atoms with van der Waals surface area (Å²) < 4.78 is 12.6. The monoisotopic (exact) mass is 371 g/mol. The molecule has 0 amide bonds. The molecule has 0 spiro atoms. The van der Waals surface area contributed by atoms with Crippen molar-refractivity contribution in [2.24, 2.45) is 14.1 Å². The summed E-state index contributed by atoms with van der Waals surface area (Å²) in [4.78, 5) is 37.8. The summed E-state index contributed by atoms with van der Waals surface area (Å²) in [5, 5.41) is 3.03. The Balaban J connectivity index is 2.37. The number of esters is 1. The molecule has 27 heavy (non-hydrogen) atoms. The highest BCUT2D eigenvalue weighted by atomic mass is 16.5. The van der Waals surface area contributed by atoms with Crippen LogP contribution in [-0.2, 0) is 23.6 Å². The van der Waals surface area contributed by atoms with Crippen molar-refractivity contribution in [2.45, 2.75) is 12.8 Å². The van der Waals surface area contributed by atoms with Crippen molar-refractivity contribution in [3.05, 3.63) is 67.5 Å². The molecule has 0 bridgehead atoms. The van der Waals surface area contributed by atoms with Gasteiger partial charge in [0.05, 0.1) is 31.3 Å². The zero-order chi connectivity index (χ0) is 19.9. The molecule has 0 saturated carbocycles. The Hall–Kier alpha value is -3.29.